The average molecular weight is 289 g/mol. The monoisotopic (exact) mass is 289 g/mol. The molecule has 0 amide bonds. The molecule has 0 aliphatic heterocycles. The van der Waals surface area contributed by atoms with Crippen LogP contribution >= 0.6 is 0 Å². The number of nitrogens with one attached hydrogen (secondary N) is 1. The van der Waals surface area contributed by atoms with Gasteiger partial charge in [0, 0.05) is 23.8 Å². The molecular formula is C19H31NO. The molecule has 1 aromatic carbocycles. The second kappa shape index (κ2) is 7.31. The van der Waals surface area contributed by atoms with E-state index in [2.05, 4.69) is 57.3 Å². The predicted octanol–water partition coefficient (Wildman–Crippen LogP) is 5.03. The highest BCUT2D eigenvalue weighted by molar-refractivity contribution is 5.46. The van der Waals surface area contributed by atoms with Crippen LogP contribution in [0.5, 0.6) is 0 Å². The fourth-order valence-corrected chi connectivity index (χ4v) is 3.32. The van der Waals surface area contributed by atoms with Gasteiger partial charge in [0.1, 0.15) is 0 Å². The first-order valence-electron chi connectivity index (χ1n) is 8.61. The Hall–Kier alpha value is -1.02. The lowest BCUT2D eigenvalue weighted by atomic mass is 9.61. The molecule has 0 spiro atoms. The minimum Gasteiger partial charge on any atom is -0.382 e. The van der Waals surface area contributed by atoms with Gasteiger partial charge >= 0.3 is 0 Å². The van der Waals surface area contributed by atoms with E-state index in [1.54, 1.807) is 0 Å². The summed E-state index contributed by atoms with van der Waals surface area (Å²) in [4.78, 5) is 0. The molecule has 1 N–H and O–H groups in total. The molecule has 1 aliphatic rings. The van der Waals surface area contributed by atoms with Crippen LogP contribution in [0, 0.1) is 5.41 Å². The van der Waals surface area contributed by atoms with E-state index in [1.807, 2.05) is 0 Å². The van der Waals surface area contributed by atoms with Gasteiger partial charge in [-0.1, -0.05) is 39.3 Å². The zero-order chi connectivity index (χ0) is 15.3. The lowest BCUT2D eigenvalue weighted by Crippen LogP contribution is -2.59. The van der Waals surface area contributed by atoms with Gasteiger partial charge in [0.05, 0.1) is 6.10 Å². The smallest absolute Gasteiger partial charge is 0.0667 e. The van der Waals surface area contributed by atoms with Gasteiger partial charge in [-0.25, -0.2) is 0 Å². The summed E-state index contributed by atoms with van der Waals surface area (Å²) in [5, 5.41) is 3.71. The fourth-order valence-electron chi connectivity index (χ4n) is 3.32. The zero-order valence-electron chi connectivity index (χ0n) is 14.1. The molecule has 2 rings (SSSR count). The number of ether oxygens (including phenoxy) is 1. The Bertz CT molecular complexity index is 428. The van der Waals surface area contributed by atoms with Gasteiger partial charge in [-0.3, -0.25) is 0 Å². The topological polar surface area (TPSA) is 21.3 Å². The molecule has 3 atom stereocenters. The van der Waals surface area contributed by atoms with Crippen molar-refractivity contribution in [2.45, 2.75) is 71.9 Å². The van der Waals surface area contributed by atoms with Crippen molar-refractivity contribution in [3.63, 3.8) is 0 Å². The van der Waals surface area contributed by atoms with Gasteiger partial charge < -0.3 is 10.1 Å². The Kier molecular flexibility index (Phi) is 5.69. The first-order valence-corrected chi connectivity index (χ1v) is 8.61. The summed E-state index contributed by atoms with van der Waals surface area (Å²) in [5.41, 5.74) is 2.95. The summed E-state index contributed by atoms with van der Waals surface area (Å²) in [7, 11) is 0. The first-order chi connectivity index (χ1) is 10.1. The second-order valence-corrected chi connectivity index (χ2v) is 6.54. The lowest BCUT2D eigenvalue weighted by Gasteiger charge is -2.54. The molecule has 3 unspecified atom stereocenters. The summed E-state index contributed by atoms with van der Waals surface area (Å²) in [6.45, 7) is 9.77. The van der Waals surface area contributed by atoms with Crippen LogP contribution in [0.1, 0.15) is 58.9 Å². The van der Waals surface area contributed by atoms with Crippen molar-refractivity contribution in [1.82, 2.24) is 0 Å². The van der Waals surface area contributed by atoms with Gasteiger partial charge in [-0.2, -0.15) is 0 Å². The van der Waals surface area contributed by atoms with E-state index in [4.69, 9.17) is 4.74 Å². The van der Waals surface area contributed by atoms with Crippen molar-refractivity contribution >= 4 is 5.69 Å². The molecule has 1 saturated carbocycles. The molecule has 1 aromatic rings. The zero-order valence-corrected chi connectivity index (χ0v) is 14.1. The molecule has 21 heavy (non-hydrogen) atoms. The van der Waals surface area contributed by atoms with E-state index in [0.29, 0.717) is 12.1 Å². The van der Waals surface area contributed by atoms with E-state index < -0.39 is 0 Å². The van der Waals surface area contributed by atoms with Crippen LogP contribution in [0.25, 0.3) is 0 Å². The third kappa shape index (κ3) is 3.60. The largest absolute Gasteiger partial charge is 0.382 e. The maximum Gasteiger partial charge on any atom is 0.0667 e. The van der Waals surface area contributed by atoms with Gasteiger partial charge in [0.15, 0.2) is 0 Å². The van der Waals surface area contributed by atoms with Gasteiger partial charge in [0.25, 0.3) is 0 Å². The van der Waals surface area contributed by atoms with Crippen LogP contribution in [0.15, 0.2) is 24.3 Å². The van der Waals surface area contributed by atoms with Crippen molar-refractivity contribution < 1.29 is 4.74 Å². The van der Waals surface area contributed by atoms with E-state index in [-0.39, 0.29) is 5.41 Å². The van der Waals surface area contributed by atoms with Crippen molar-refractivity contribution in [2.24, 2.45) is 5.41 Å². The molecule has 118 valence electrons. The molecule has 0 heterocycles. The number of benzene rings is 1. The van der Waals surface area contributed by atoms with Crippen molar-refractivity contribution in [1.29, 1.82) is 0 Å². The van der Waals surface area contributed by atoms with Crippen LogP contribution < -0.4 is 5.32 Å². The van der Waals surface area contributed by atoms with Crippen molar-refractivity contribution in [2.75, 3.05) is 11.9 Å². The minimum atomic E-state index is 0.261. The summed E-state index contributed by atoms with van der Waals surface area (Å²) in [6.07, 6.45) is 6.42. The third-order valence-corrected chi connectivity index (χ3v) is 5.22. The summed E-state index contributed by atoms with van der Waals surface area (Å²) >= 11 is 0. The van der Waals surface area contributed by atoms with Crippen molar-refractivity contribution in [3.05, 3.63) is 29.8 Å². The average Bonchev–Trinajstić information content (AvgIpc) is 2.52. The Morgan fingerprint density at radius 2 is 1.90 bits per heavy atom. The van der Waals surface area contributed by atoms with Crippen LogP contribution in [0.3, 0.4) is 0 Å². The Balaban J connectivity index is 1.93. The van der Waals surface area contributed by atoms with Crippen LogP contribution in [-0.2, 0) is 11.2 Å². The molecule has 0 bridgehead atoms. The first kappa shape index (κ1) is 16.4. The number of anilines is 1. The molecule has 0 aromatic heterocycles. The van der Waals surface area contributed by atoms with Gasteiger partial charge in [-0.05, 0) is 50.3 Å². The highest BCUT2D eigenvalue weighted by Crippen LogP contribution is 2.47. The number of hydrogen-bond donors (Lipinski definition) is 1. The Morgan fingerprint density at radius 1 is 1.19 bits per heavy atom. The number of aryl methyl sites for hydroxylation is 1. The number of hydrogen-bond acceptors (Lipinski definition) is 2. The predicted molar refractivity (Wildman–Crippen MR) is 90.9 cm³/mol. The lowest BCUT2D eigenvalue weighted by molar-refractivity contribution is -0.109. The molecule has 0 radical (unpaired) electrons. The molecule has 2 nitrogen and oxygen atoms in total. The molecular weight excluding hydrogens is 258 g/mol. The van der Waals surface area contributed by atoms with E-state index in [0.717, 1.165) is 19.4 Å². The third-order valence-electron chi connectivity index (χ3n) is 5.22. The van der Waals surface area contributed by atoms with Gasteiger partial charge in [-0.15, -0.1) is 0 Å². The Labute approximate surface area is 130 Å². The van der Waals surface area contributed by atoms with E-state index in [1.165, 1.54) is 30.5 Å². The van der Waals surface area contributed by atoms with E-state index in [9.17, 15) is 0 Å². The number of rotatable bonds is 8. The fraction of sp³-hybridized carbons (Fsp3) is 0.684. The normalized spacial score (nSPS) is 28.2. The minimum absolute atomic E-state index is 0.261. The van der Waals surface area contributed by atoms with Gasteiger partial charge in [0.2, 0.25) is 0 Å². The standard InChI is InChI=1S/C19H31NO/c1-5-8-9-15-10-12-16(13-11-15)20-17-14-18(21-7-3)19(17,4)6-2/h10-13,17-18,20H,5-9,14H2,1-4H3. The quantitative estimate of drug-likeness (QED) is 0.724. The molecule has 1 aliphatic carbocycles. The highest BCUT2D eigenvalue weighted by Gasteiger charge is 2.51. The number of unbranched alkanes of at least 4 members (excludes halogenated alkanes) is 1. The highest BCUT2D eigenvalue weighted by atomic mass is 16.5. The Morgan fingerprint density at radius 3 is 2.48 bits per heavy atom. The van der Waals surface area contributed by atoms with E-state index >= 15 is 0 Å². The molecule has 2 heteroatoms. The molecule has 0 saturated heterocycles. The maximum atomic E-state index is 5.88. The summed E-state index contributed by atoms with van der Waals surface area (Å²) in [6, 6.07) is 9.52. The maximum absolute atomic E-state index is 5.88. The summed E-state index contributed by atoms with van der Waals surface area (Å²) in [5.74, 6) is 0. The molecule has 1 fully saturated rings. The van der Waals surface area contributed by atoms with Crippen LogP contribution in [0.2, 0.25) is 0 Å². The SMILES string of the molecule is CCCCc1ccc(NC2CC(OCC)C2(C)CC)cc1. The van der Waals surface area contributed by atoms with Crippen LogP contribution in [-0.4, -0.2) is 18.8 Å². The van der Waals surface area contributed by atoms with Crippen LogP contribution in [0.4, 0.5) is 5.69 Å². The second-order valence-electron chi connectivity index (χ2n) is 6.54. The summed E-state index contributed by atoms with van der Waals surface area (Å²) < 4.78 is 5.88. The van der Waals surface area contributed by atoms with Crippen molar-refractivity contribution in [3.8, 4) is 0 Å².